The van der Waals surface area contributed by atoms with Crippen molar-refractivity contribution in [3.63, 3.8) is 0 Å². The number of sulfonamides is 1. The van der Waals surface area contributed by atoms with Crippen molar-refractivity contribution in [3.05, 3.63) is 58.9 Å². The van der Waals surface area contributed by atoms with E-state index in [1.807, 2.05) is 35.7 Å². The summed E-state index contributed by atoms with van der Waals surface area (Å²) in [6.45, 7) is 2.70. The van der Waals surface area contributed by atoms with E-state index in [1.165, 1.54) is 15.6 Å². The fourth-order valence-electron chi connectivity index (χ4n) is 3.69. The Bertz CT molecular complexity index is 1200. The lowest BCUT2D eigenvalue weighted by molar-refractivity contribution is -0.149. The van der Waals surface area contributed by atoms with Gasteiger partial charge < -0.3 is 4.74 Å². The Balaban J connectivity index is 1.52. The first kappa shape index (κ1) is 22.9. The molecule has 1 aliphatic heterocycles. The third kappa shape index (κ3) is 4.88. The highest BCUT2D eigenvalue weighted by Crippen LogP contribution is 2.31. The van der Waals surface area contributed by atoms with Crippen LogP contribution in [0.1, 0.15) is 19.8 Å². The van der Waals surface area contributed by atoms with Gasteiger partial charge in [0.15, 0.2) is 0 Å². The third-order valence-corrected chi connectivity index (χ3v) is 8.47. The Hall–Kier alpha value is -2.26. The van der Waals surface area contributed by atoms with Gasteiger partial charge in [0.05, 0.1) is 23.1 Å². The number of benzene rings is 2. The highest BCUT2D eigenvalue weighted by molar-refractivity contribution is 7.89. The molecule has 0 saturated carbocycles. The average Bonchev–Trinajstić information content (AvgIpc) is 3.30. The largest absolute Gasteiger partial charge is 0.466 e. The topological polar surface area (TPSA) is 76.6 Å². The van der Waals surface area contributed by atoms with Gasteiger partial charge in [-0.25, -0.2) is 13.4 Å². The van der Waals surface area contributed by atoms with E-state index in [1.54, 1.807) is 25.1 Å². The zero-order valence-corrected chi connectivity index (χ0v) is 19.9. The van der Waals surface area contributed by atoms with Crippen LogP contribution in [0.4, 0.5) is 0 Å². The number of hydrogen-bond acceptors (Lipinski definition) is 6. The molecule has 2 heterocycles. The summed E-state index contributed by atoms with van der Waals surface area (Å²) < 4.78 is 32.9. The van der Waals surface area contributed by atoms with Gasteiger partial charge in [0, 0.05) is 34.6 Å². The number of esters is 1. The van der Waals surface area contributed by atoms with Crippen molar-refractivity contribution in [2.24, 2.45) is 5.92 Å². The first-order chi connectivity index (χ1) is 15.4. The molecule has 0 unspecified atom stereocenters. The van der Waals surface area contributed by atoms with Crippen LogP contribution in [0.2, 0.25) is 5.02 Å². The molecule has 4 rings (SSSR count). The molecule has 9 heteroatoms. The maximum Gasteiger partial charge on any atom is 0.309 e. The predicted molar refractivity (Wildman–Crippen MR) is 126 cm³/mol. The summed E-state index contributed by atoms with van der Waals surface area (Å²) in [4.78, 5) is 16.9. The SMILES string of the molecule is CCOC(=O)C1CCN(S(=O)(=O)c2cccc(-c3csc(-c4ccc(Cl)cc4)n3)c2)CC1. The molecule has 3 aromatic rings. The van der Waals surface area contributed by atoms with Gasteiger partial charge in [-0.05, 0) is 44.0 Å². The van der Waals surface area contributed by atoms with Gasteiger partial charge in [0.1, 0.15) is 5.01 Å². The van der Waals surface area contributed by atoms with Crippen molar-refractivity contribution < 1.29 is 17.9 Å². The number of ether oxygens (including phenoxy) is 1. The summed E-state index contributed by atoms with van der Waals surface area (Å²) in [7, 11) is -3.66. The van der Waals surface area contributed by atoms with Crippen LogP contribution >= 0.6 is 22.9 Å². The van der Waals surface area contributed by atoms with Crippen LogP contribution in [0, 0.1) is 5.92 Å². The molecule has 0 aliphatic carbocycles. The molecule has 0 atom stereocenters. The van der Waals surface area contributed by atoms with Crippen LogP contribution in [-0.2, 0) is 19.6 Å². The summed E-state index contributed by atoms with van der Waals surface area (Å²) in [5, 5.41) is 3.42. The number of carbonyl (C=O) groups excluding carboxylic acids is 1. The highest BCUT2D eigenvalue weighted by atomic mass is 35.5. The monoisotopic (exact) mass is 490 g/mol. The van der Waals surface area contributed by atoms with E-state index in [0.717, 1.165) is 21.8 Å². The second kappa shape index (κ2) is 9.70. The van der Waals surface area contributed by atoms with E-state index in [0.29, 0.717) is 37.6 Å². The Labute approximate surface area is 196 Å². The fraction of sp³-hybridized carbons (Fsp3) is 0.304. The molecule has 2 aromatic carbocycles. The molecule has 1 fully saturated rings. The second-order valence-corrected chi connectivity index (χ2v) is 10.7. The maximum absolute atomic E-state index is 13.2. The van der Waals surface area contributed by atoms with Crippen molar-refractivity contribution in [2.75, 3.05) is 19.7 Å². The van der Waals surface area contributed by atoms with Crippen molar-refractivity contribution in [1.82, 2.24) is 9.29 Å². The molecule has 1 saturated heterocycles. The van der Waals surface area contributed by atoms with E-state index in [2.05, 4.69) is 4.98 Å². The summed E-state index contributed by atoms with van der Waals surface area (Å²) in [5.74, 6) is -0.486. The van der Waals surface area contributed by atoms with Gasteiger partial charge >= 0.3 is 5.97 Å². The van der Waals surface area contributed by atoms with Crippen molar-refractivity contribution in [2.45, 2.75) is 24.7 Å². The quantitative estimate of drug-likeness (QED) is 0.449. The molecule has 1 aliphatic rings. The van der Waals surface area contributed by atoms with Gasteiger partial charge in [-0.1, -0.05) is 35.9 Å². The molecule has 168 valence electrons. The number of halogens is 1. The highest BCUT2D eigenvalue weighted by Gasteiger charge is 2.32. The van der Waals surface area contributed by atoms with Gasteiger partial charge in [-0.15, -0.1) is 11.3 Å². The van der Waals surface area contributed by atoms with Crippen molar-refractivity contribution >= 4 is 38.9 Å². The summed E-state index contributed by atoms with van der Waals surface area (Å²) in [6.07, 6.45) is 0.933. The van der Waals surface area contributed by atoms with Crippen LogP contribution in [0.15, 0.2) is 58.8 Å². The van der Waals surface area contributed by atoms with E-state index < -0.39 is 10.0 Å². The molecule has 0 N–H and O–H groups in total. The molecular weight excluding hydrogens is 468 g/mol. The first-order valence-electron chi connectivity index (χ1n) is 10.4. The molecular formula is C23H23ClN2O4S2. The lowest BCUT2D eigenvalue weighted by atomic mass is 9.98. The number of piperidine rings is 1. The van der Waals surface area contributed by atoms with Gasteiger partial charge in [-0.3, -0.25) is 4.79 Å². The Morgan fingerprint density at radius 3 is 2.56 bits per heavy atom. The van der Waals surface area contributed by atoms with E-state index in [4.69, 9.17) is 16.3 Å². The van der Waals surface area contributed by atoms with E-state index in [9.17, 15) is 13.2 Å². The number of aromatic nitrogens is 1. The lowest BCUT2D eigenvalue weighted by Gasteiger charge is -2.30. The third-order valence-electron chi connectivity index (χ3n) is 5.44. The Morgan fingerprint density at radius 2 is 1.88 bits per heavy atom. The zero-order valence-electron chi connectivity index (χ0n) is 17.5. The average molecular weight is 491 g/mol. The minimum Gasteiger partial charge on any atom is -0.466 e. The van der Waals surface area contributed by atoms with Gasteiger partial charge in [0.2, 0.25) is 10.0 Å². The lowest BCUT2D eigenvalue weighted by Crippen LogP contribution is -2.40. The standard InChI is InChI=1S/C23H23ClN2O4S2/c1-2-30-23(27)17-10-12-26(13-11-17)32(28,29)20-5-3-4-18(14-20)21-15-31-22(25-21)16-6-8-19(24)9-7-16/h3-9,14-15,17H,2,10-13H2,1H3. The maximum atomic E-state index is 13.2. The minimum atomic E-state index is -3.66. The Morgan fingerprint density at radius 1 is 1.16 bits per heavy atom. The van der Waals surface area contributed by atoms with Gasteiger partial charge in [0.25, 0.3) is 0 Å². The number of hydrogen-bond donors (Lipinski definition) is 0. The van der Waals surface area contributed by atoms with Crippen molar-refractivity contribution in [1.29, 1.82) is 0 Å². The normalized spacial score (nSPS) is 15.6. The molecule has 0 spiro atoms. The molecule has 0 radical (unpaired) electrons. The van der Waals surface area contributed by atoms with Crippen molar-refractivity contribution in [3.8, 4) is 21.8 Å². The van der Waals surface area contributed by atoms with Crippen LogP contribution in [0.3, 0.4) is 0 Å². The van der Waals surface area contributed by atoms with E-state index >= 15 is 0 Å². The van der Waals surface area contributed by atoms with Crippen LogP contribution in [0.5, 0.6) is 0 Å². The molecule has 32 heavy (non-hydrogen) atoms. The predicted octanol–water partition coefficient (Wildman–Crippen LogP) is 5.09. The number of thiazole rings is 1. The molecule has 6 nitrogen and oxygen atoms in total. The molecule has 0 bridgehead atoms. The number of carbonyl (C=O) groups is 1. The van der Waals surface area contributed by atoms with Crippen LogP contribution in [0.25, 0.3) is 21.8 Å². The first-order valence-corrected chi connectivity index (χ1v) is 13.1. The second-order valence-electron chi connectivity index (χ2n) is 7.50. The smallest absolute Gasteiger partial charge is 0.309 e. The fourth-order valence-corrected chi connectivity index (χ4v) is 6.17. The minimum absolute atomic E-state index is 0.227. The molecule has 1 aromatic heterocycles. The summed E-state index contributed by atoms with van der Waals surface area (Å²) in [5.41, 5.74) is 2.42. The summed E-state index contributed by atoms with van der Waals surface area (Å²) in [6, 6.07) is 14.3. The van der Waals surface area contributed by atoms with Crippen LogP contribution in [-0.4, -0.2) is 43.4 Å². The molecule has 0 amide bonds. The van der Waals surface area contributed by atoms with Gasteiger partial charge in [-0.2, -0.15) is 4.31 Å². The zero-order chi connectivity index (χ0) is 22.7. The van der Waals surface area contributed by atoms with Crippen LogP contribution < -0.4 is 0 Å². The van der Waals surface area contributed by atoms with E-state index in [-0.39, 0.29) is 16.8 Å². The summed E-state index contributed by atoms with van der Waals surface area (Å²) >= 11 is 7.45. The number of nitrogens with zero attached hydrogens (tertiary/aromatic N) is 2. The Kier molecular flexibility index (Phi) is 6.95. The number of rotatable bonds is 6.